The Balaban J connectivity index is 1.82. The fourth-order valence-corrected chi connectivity index (χ4v) is 4.23. The summed E-state index contributed by atoms with van der Waals surface area (Å²) in [6.45, 7) is 3.30. The lowest BCUT2D eigenvalue weighted by Crippen LogP contribution is -2.29. The second kappa shape index (κ2) is 7.15. The molecule has 1 aliphatic heterocycles. The van der Waals surface area contributed by atoms with Gasteiger partial charge in [-0.3, -0.25) is 0 Å². The summed E-state index contributed by atoms with van der Waals surface area (Å²) in [6, 6.07) is 19.8. The predicted octanol–water partition coefficient (Wildman–Crippen LogP) is 4.57. The van der Waals surface area contributed by atoms with Gasteiger partial charge in [-0.15, -0.1) is 0 Å². The van der Waals surface area contributed by atoms with E-state index in [0.29, 0.717) is 6.04 Å². The van der Waals surface area contributed by atoms with E-state index in [1.807, 2.05) is 0 Å². The van der Waals surface area contributed by atoms with Gasteiger partial charge in [0.25, 0.3) is 0 Å². The normalized spacial score (nSPS) is 19.6. The van der Waals surface area contributed by atoms with Crippen molar-refractivity contribution in [1.29, 1.82) is 0 Å². The quantitative estimate of drug-likeness (QED) is 0.867. The third-order valence-corrected chi connectivity index (χ3v) is 5.60. The van der Waals surface area contributed by atoms with E-state index in [2.05, 4.69) is 78.6 Å². The van der Waals surface area contributed by atoms with Gasteiger partial charge >= 0.3 is 0 Å². The van der Waals surface area contributed by atoms with Gasteiger partial charge in [0.05, 0.1) is 6.04 Å². The van der Waals surface area contributed by atoms with Gasteiger partial charge in [-0.2, -0.15) is 11.8 Å². The first-order valence-corrected chi connectivity index (χ1v) is 8.85. The molecule has 1 nitrogen and oxygen atoms in total. The van der Waals surface area contributed by atoms with Gasteiger partial charge in [0.2, 0.25) is 0 Å². The van der Waals surface area contributed by atoms with E-state index in [-0.39, 0.29) is 0 Å². The van der Waals surface area contributed by atoms with Crippen molar-refractivity contribution in [1.82, 2.24) is 5.32 Å². The number of rotatable bonds is 5. The Morgan fingerprint density at radius 2 is 1.86 bits per heavy atom. The Kier molecular flexibility index (Phi) is 5.00. The minimum atomic E-state index is 0.300. The van der Waals surface area contributed by atoms with Gasteiger partial charge in [-0.05, 0) is 42.2 Å². The van der Waals surface area contributed by atoms with Crippen LogP contribution in [0.1, 0.15) is 35.6 Å². The molecular weight excluding hydrogens is 274 g/mol. The number of hydrogen-bond donors (Lipinski definition) is 1. The molecule has 2 heteroatoms. The summed E-state index contributed by atoms with van der Waals surface area (Å²) in [5.74, 6) is 1.33. The molecule has 0 amide bonds. The highest BCUT2D eigenvalue weighted by Crippen LogP contribution is 2.28. The molecule has 1 N–H and O–H groups in total. The highest BCUT2D eigenvalue weighted by Gasteiger charge is 2.20. The monoisotopic (exact) mass is 297 g/mol. The smallest absolute Gasteiger partial charge is 0.0579 e. The molecule has 2 aromatic rings. The Morgan fingerprint density at radius 1 is 1.10 bits per heavy atom. The van der Waals surface area contributed by atoms with Gasteiger partial charge in [-0.1, -0.05) is 54.6 Å². The van der Waals surface area contributed by atoms with Crippen molar-refractivity contribution in [3.05, 3.63) is 71.3 Å². The van der Waals surface area contributed by atoms with Gasteiger partial charge < -0.3 is 5.32 Å². The van der Waals surface area contributed by atoms with Crippen molar-refractivity contribution in [3.63, 3.8) is 0 Å². The molecule has 2 unspecified atom stereocenters. The van der Waals surface area contributed by atoms with Crippen LogP contribution >= 0.6 is 11.8 Å². The first-order chi connectivity index (χ1) is 10.3. The molecule has 1 aliphatic rings. The SMILES string of the molecule is Cc1ccccc1C(NCC1CCCS1)c1ccccc1. The minimum Gasteiger partial charge on any atom is -0.305 e. The third-order valence-electron chi connectivity index (χ3n) is 4.21. The van der Waals surface area contributed by atoms with Crippen LogP contribution in [0.5, 0.6) is 0 Å². The van der Waals surface area contributed by atoms with Crippen LogP contribution in [0.15, 0.2) is 54.6 Å². The van der Waals surface area contributed by atoms with E-state index < -0.39 is 0 Å². The van der Waals surface area contributed by atoms with Crippen molar-refractivity contribution in [2.24, 2.45) is 0 Å². The maximum atomic E-state index is 3.81. The summed E-state index contributed by atoms with van der Waals surface area (Å²) in [6.07, 6.45) is 2.73. The lowest BCUT2D eigenvalue weighted by molar-refractivity contribution is 0.582. The van der Waals surface area contributed by atoms with Gasteiger partial charge in [0, 0.05) is 11.8 Å². The van der Waals surface area contributed by atoms with E-state index in [1.165, 1.54) is 35.3 Å². The van der Waals surface area contributed by atoms with Crippen molar-refractivity contribution in [2.45, 2.75) is 31.1 Å². The van der Waals surface area contributed by atoms with E-state index in [4.69, 9.17) is 0 Å². The standard InChI is InChI=1S/C19H23NS/c1-15-8-5-6-12-18(15)19(16-9-3-2-4-10-16)20-14-17-11-7-13-21-17/h2-6,8-10,12,17,19-20H,7,11,13-14H2,1H3. The molecule has 0 bridgehead atoms. The van der Waals surface area contributed by atoms with Crippen LogP contribution in [0.4, 0.5) is 0 Å². The lowest BCUT2D eigenvalue weighted by atomic mass is 9.95. The van der Waals surface area contributed by atoms with E-state index in [9.17, 15) is 0 Å². The van der Waals surface area contributed by atoms with Crippen LogP contribution in [-0.4, -0.2) is 17.5 Å². The number of benzene rings is 2. The molecule has 0 aliphatic carbocycles. The van der Waals surface area contributed by atoms with E-state index in [0.717, 1.165) is 11.8 Å². The Labute approximate surface area is 132 Å². The summed E-state index contributed by atoms with van der Waals surface area (Å²) in [7, 11) is 0. The van der Waals surface area contributed by atoms with E-state index >= 15 is 0 Å². The molecule has 1 heterocycles. The van der Waals surface area contributed by atoms with Crippen LogP contribution < -0.4 is 5.32 Å². The summed E-state index contributed by atoms with van der Waals surface area (Å²) < 4.78 is 0. The summed E-state index contributed by atoms with van der Waals surface area (Å²) in [5, 5.41) is 4.59. The lowest BCUT2D eigenvalue weighted by Gasteiger charge is -2.23. The average molecular weight is 297 g/mol. The summed E-state index contributed by atoms with van der Waals surface area (Å²) in [5.41, 5.74) is 4.11. The van der Waals surface area contributed by atoms with Crippen molar-refractivity contribution in [2.75, 3.05) is 12.3 Å². The molecule has 1 fully saturated rings. The molecule has 3 rings (SSSR count). The van der Waals surface area contributed by atoms with Crippen molar-refractivity contribution < 1.29 is 0 Å². The summed E-state index contributed by atoms with van der Waals surface area (Å²) >= 11 is 2.12. The fourth-order valence-electron chi connectivity index (χ4n) is 3.02. The minimum absolute atomic E-state index is 0.300. The second-order valence-electron chi connectivity index (χ2n) is 5.74. The molecule has 1 saturated heterocycles. The zero-order valence-corrected chi connectivity index (χ0v) is 13.4. The van der Waals surface area contributed by atoms with Crippen LogP contribution in [0.3, 0.4) is 0 Å². The first-order valence-electron chi connectivity index (χ1n) is 7.80. The van der Waals surface area contributed by atoms with E-state index in [1.54, 1.807) is 0 Å². The van der Waals surface area contributed by atoms with Crippen LogP contribution in [-0.2, 0) is 0 Å². The first kappa shape index (κ1) is 14.7. The van der Waals surface area contributed by atoms with Gasteiger partial charge in [0.15, 0.2) is 0 Å². The number of aryl methyl sites for hydroxylation is 1. The number of thioether (sulfide) groups is 1. The van der Waals surface area contributed by atoms with Crippen molar-refractivity contribution >= 4 is 11.8 Å². The van der Waals surface area contributed by atoms with Gasteiger partial charge in [-0.25, -0.2) is 0 Å². The zero-order chi connectivity index (χ0) is 14.5. The van der Waals surface area contributed by atoms with Crippen LogP contribution in [0.2, 0.25) is 0 Å². The fraction of sp³-hybridized carbons (Fsp3) is 0.368. The maximum Gasteiger partial charge on any atom is 0.0579 e. The Morgan fingerprint density at radius 3 is 2.57 bits per heavy atom. The predicted molar refractivity (Wildman–Crippen MR) is 92.9 cm³/mol. The molecule has 2 aromatic carbocycles. The molecule has 0 aromatic heterocycles. The van der Waals surface area contributed by atoms with Crippen molar-refractivity contribution in [3.8, 4) is 0 Å². The molecular formula is C19H23NS. The third kappa shape index (κ3) is 3.69. The molecule has 0 saturated carbocycles. The van der Waals surface area contributed by atoms with Crippen LogP contribution in [0.25, 0.3) is 0 Å². The number of hydrogen-bond acceptors (Lipinski definition) is 2. The zero-order valence-electron chi connectivity index (χ0n) is 12.6. The molecule has 21 heavy (non-hydrogen) atoms. The maximum absolute atomic E-state index is 3.81. The van der Waals surface area contributed by atoms with Crippen LogP contribution in [0, 0.1) is 6.92 Å². The Hall–Kier alpha value is -1.25. The molecule has 110 valence electrons. The average Bonchev–Trinajstić information content (AvgIpc) is 3.04. The topological polar surface area (TPSA) is 12.0 Å². The summed E-state index contributed by atoms with van der Waals surface area (Å²) in [4.78, 5) is 0. The Bertz CT molecular complexity index is 561. The van der Waals surface area contributed by atoms with Gasteiger partial charge in [0.1, 0.15) is 0 Å². The molecule has 0 radical (unpaired) electrons. The second-order valence-corrected chi connectivity index (χ2v) is 7.15. The number of nitrogens with one attached hydrogen (secondary N) is 1. The molecule has 0 spiro atoms. The highest BCUT2D eigenvalue weighted by atomic mass is 32.2. The largest absolute Gasteiger partial charge is 0.305 e. The highest BCUT2D eigenvalue weighted by molar-refractivity contribution is 8.00. The molecule has 2 atom stereocenters.